The second-order valence-corrected chi connectivity index (χ2v) is 7.14. The molecule has 3 aromatic rings. The Hall–Kier alpha value is -2.11. The number of imidazole rings is 1. The number of nitrogens with zero attached hydrogens (tertiary/aromatic N) is 4. The zero-order valence-corrected chi connectivity index (χ0v) is 14.9. The van der Waals surface area contributed by atoms with Crippen LogP contribution in [-0.4, -0.2) is 32.5 Å². The van der Waals surface area contributed by atoms with E-state index in [-0.39, 0.29) is 0 Å². The van der Waals surface area contributed by atoms with E-state index in [9.17, 15) is 0 Å². The van der Waals surface area contributed by atoms with Gasteiger partial charge in [-0.1, -0.05) is 30.7 Å². The van der Waals surface area contributed by atoms with Crippen molar-refractivity contribution in [3.8, 4) is 11.3 Å². The number of oxazole rings is 1. The van der Waals surface area contributed by atoms with E-state index in [0.717, 1.165) is 43.3 Å². The van der Waals surface area contributed by atoms with E-state index in [2.05, 4.69) is 26.4 Å². The molecule has 0 spiro atoms. The van der Waals surface area contributed by atoms with Crippen molar-refractivity contribution in [3.63, 3.8) is 0 Å². The van der Waals surface area contributed by atoms with E-state index >= 15 is 0 Å². The van der Waals surface area contributed by atoms with Gasteiger partial charge in [0.05, 0.1) is 19.1 Å². The van der Waals surface area contributed by atoms with Gasteiger partial charge in [0.15, 0.2) is 5.76 Å². The normalized spacial score (nSPS) is 21.5. The van der Waals surface area contributed by atoms with Gasteiger partial charge in [-0.2, -0.15) is 0 Å². The summed E-state index contributed by atoms with van der Waals surface area (Å²) in [6.45, 7) is 5.07. The van der Waals surface area contributed by atoms with Crippen molar-refractivity contribution in [2.24, 2.45) is 5.92 Å². The average molecular weight is 357 g/mol. The van der Waals surface area contributed by atoms with Crippen LogP contribution in [0.25, 0.3) is 11.3 Å². The minimum atomic E-state index is 0.443. The summed E-state index contributed by atoms with van der Waals surface area (Å²) < 4.78 is 8.16. The molecule has 25 heavy (non-hydrogen) atoms. The second kappa shape index (κ2) is 7.02. The van der Waals surface area contributed by atoms with Crippen LogP contribution < -0.4 is 0 Å². The fourth-order valence-electron chi connectivity index (χ4n) is 3.46. The molecule has 1 saturated heterocycles. The first-order chi connectivity index (χ1) is 12.2. The lowest BCUT2D eigenvalue weighted by molar-refractivity contribution is 0.117. The Morgan fingerprint density at radius 3 is 3.08 bits per heavy atom. The molecule has 6 heteroatoms. The van der Waals surface area contributed by atoms with Crippen LogP contribution in [0.2, 0.25) is 5.02 Å². The molecule has 0 amide bonds. The first kappa shape index (κ1) is 16.4. The number of hydrogen-bond donors (Lipinski definition) is 0. The van der Waals surface area contributed by atoms with E-state index in [1.54, 1.807) is 6.20 Å². The van der Waals surface area contributed by atoms with Gasteiger partial charge in [0.1, 0.15) is 0 Å². The summed E-state index contributed by atoms with van der Waals surface area (Å²) in [7, 11) is 0. The highest BCUT2D eigenvalue weighted by molar-refractivity contribution is 6.30. The fourth-order valence-corrected chi connectivity index (χ4v) is 3.65. The van der Waals surface area contributed by atoms with Crippen LogP contribution in [0.1, 0.15) is 25.3 Å². The van der Waals surface area contributed by atoms with Gasteiger partial charge in [0.25, 0.3) is 0 Å². The lowest BCUT2D eigenvalue weighted by Gasteiger charge is -2.37. The second-order valence-electron chi connectivity index (χ2n) is 6.71. The molecular formula is C19H21ClN4O. The maximum Gasteiger partial charge on any atom is 0.209 e. The zero-order chi connectivity index (χ0) is 17.2. The molecule has 0 aliphatic carbocycles. The molecule has 0 N–H and O–H groups in total. The number of likely N-dealkylation sites (tertiary alicyclic amines) is 1. The molecule has 1 aliphatic rings. The van der Waals surface area contributed by atoms with Crippen molar-refractivity contribution < 1.29 is 4.42 Å². The fraction of sp³-hybridized carbons (Fsp3) is 0.368. The van der Waals surface area contributed by atoms with E-state index in [1.165, 1.54) is 0 Å². The van der Waals surface area contributed by atoms with E-state index < -0.39 is 0 Å². The Morgan fingerprint density at radius 1 is 1.36 bits per heavy atom. The first-order valence-corrected chi connectivity index (χ1v) is 8.97. The molecule has 0 bridgehead atoms. The maximum atomic E-state index is 6.06. The number of piperidine rings is 1. The SMILES string of the molecule is C[C@@H]1CCN(Cc2ncc(-c3cccc(Cl)c3)o2)C[C@H]1n1ccnc1. The number of rotatable bonds is 4. The molecule has 1 aromatic carbocycles. The van der Waals surface area contributed by atoms with Crippen molar-refractivity contribution in [1.82, 2.24) is 19.4 Å². The number of halogens is 1. The van der Waals surface area contributed by atoms with Crippen molar-refractivity contribution in [3.05, 3.63) is 60.1 Å². The quantitative estimate of drug-likeness (QED) is 0.700. The van der Waals surface area contributed by atoms with Crippen LogP contribution in [0.4, 0.5) is 0 Å². The summed E-state index contributed by atoms with van der Waals surface area (Å²) in [6, 6.07) is 8.09. The lowest BCUT2D eigenvalue weighted by Crippen LogP contribution is -2.40. The first-order valence-electron chi connectivity index (χ1n) is 8.59. The van der Waals surface area contributed by atoms with Gasteiger partial charge in [-0.05, 0) is 31.0 Å². The third-order valence-electron chi connectivity index (χ3n) is 4.93. The van der Waals surface area contributed by atoms with Gasteiger partial charge in [-0.3, -0.25) is 4.90 Å². The molecule has 0 unspecified atom stereocenters. The topological polar surface area (TPSA) is 47.1 Å². The third-order valence-corrected chi connectivity index (χ3v) is 5.17. The van der Waals surface area contributed by atoms with Gasteiger partial charge in [-0.15, -0.1) is 0 Å². The molecule has 2 aromatic heterocycles. The highest BCUT2D eigenvalue weighted by Gasteiger charge is 2.28. The maximum absolute atomic E-state index is 6.06. The van der Waals surface area contributed by atoms with E-state index in [0.29, 0.717) is 17.0 Å². The Labute approximate surface area is 152 Å². The lowest BCUT2D eigenvalue weighted by atomic mass is 9.93. The van der Waals surface area contributed by atoms with Crippen LogP contribution >= 0.6 is 11.6 Å². The molecule has 2 atom stereocenters. The summed E-state index contributed by atoms with van der Waals surface area (Å²) in [5.41, 5.74) is 0.954. The molecule has 1 aliphatic heterocycles. The smallest absolute Gasteiger partial charge is 0.209 e. The highest BCUT2D eigenvalue weighted by Crippen LogP contribution is 2.29. The van der Waals surface area contributed by atoms with E-state index in [4.69, 9.17) is 16.0 Å². The predicted molar refractivity (Wildman–Crippen MR) is 97.3 cm³/mol. The monoisotopic (exact) mass is 356 g/mol. The Balaban J connectivity index is 1.46. The summed E-state index contributed by atoms with van der Waals surface area (Å²) in [5.74, 6) is 2.14. The van der Waals surface area contributed by atoms with Gasteiger partial charge in [0, 0.05) is 35.6 Å². The highest BCUT2D eigenvalue weighted by atomic mass is 35.5. The summed E-state index contributed by atoms with van der Waals surface area (Å²) >= 11 is 6.06. The third kappa shape index (κ3) is 3.62. The van der Waals surface area contributed by atoms with Gasteiger partial charge < -0.3 is 8.98 Å². The largest absolute Gasteiger partial charge is 0.439 e. The molecule has 3 heterocycles. The standard InChI is InChI=1S/C19H21ClN4O/c1-14-5-7-23(11-17(14)24-8-6-21-13-24)12-19-22-10-18(25-19)15-3-2-4-16(20)9-15/h2-4,6,8-10,13-14,17H,5,7,11-12H2,1H3/t14-,17-/m1/s1. The summed E-state index contributed by atoms with van der Waals surface area (Å²) in [4.78, 5) is 11.0. The minimum absolute atomic E-state index is 0.443. The van der Waals surface area contributed by atoms with Crippen LogP contribution in [0.5, 0.6) is 0 Å². The predicted octanol–water partition coefficient (Wildman–Crippen LogP) is 4.27. The molecule has 4 rings (SSSR count). The molecule has 0 saturated carbocycles. The number of benzene rings is 1. The van der Waals surface area contributed by atoms with Crippen molar-refractivity contribution in [2.75, 3.05) is 13.1 Å². The van der Waals surface area contributed by atoms with E-state index in [1.807, 2.05) is 43.0 Å². The number of hydrogen-bond acceptors (Lipinski definition) is 4. The van der Waals surface area contributed by atoms with Gasteiger partial charge in [-0.25, -0.2) is 9.97 Å². The Morgan fingerprint density at radius 2 is 2.28 bits per heavy atom. The van der Waals surface area contributed by atoms with Gasteiger partial charge in [0.2, 0.25) is 5.89 Å². The average Bonchev–Trinajstić information content (AvgIpc) is 3.28. The van der Waals surface area contributed by atoms with Gasteiger partial charge >= 0.3 is 0 Å². The molecular weight excluding hydrogens is 336 g/mol. The molecule has 1 fully saturated rings. The van der Waals surface area contributed by atoms with Crippen molar-refractivity contribution in [1.29, 1.82) is 0 Å². The number of aromatic nitrogens is 3. The Kier molecular flexibility index (Phi) is 4.59. The zero-order valence-electron chi connectivity index (χ0n) is 14.2. The van der Waals surface area contributed by atoms with Crippen molar-refractivity contribution >= 4 is 11.6 Å². The summed E-state index contributed by atoms with van der Waals surface area (Å²) in [5, 5.41) is 0.698. The van der Waals surface area contributed by atoms with Crippen LogP contribution in [0.3, 0.4) is 0 Å². The molecule has 5 nitrogen and oxygen atoms in total. The minimum Gasteiger partial charge on any atom is -0.439 e. The summed E-state index contributed by atoms with van der Waals surface area (Å²) in [6.07, 6.45) is 8.74. The van der Waals surface area contributed by atoms with Crippen LogP contribution in [-0.2, 0) is 6.54 Å². The van der Waals surface area contributed by atoms with Crippen molar-refractivity contribution in [2.45, 2.75) is 25.9 Å². The molecule has 0 radical (unpaired) electrons. The molecule has 130 valence electrons. The Bertz CT molecular complexity index is 830. The van der Waals surface area contributed by atoms with Crippen LogP contribution in [0, 0.1) is 5.92 Å². The van der Waals surface area contributed by atoms with Crippen LogP contribution in [0.15, 0.2) is 53.6 Å².